The van der Waals surface area contributed by atoms with Crippen molar-refractivity contribution in [3.63, 3.8) is 0 Å². The fourth-order valence-corrected chi connectivity index (χ4v) is 6.51. The van der Waals surface area contributed by atoms with Gasteiger partial charge in [-0.05, 0) is 48.6 Å². The number of hydrogen-bond donors (Lipinski definition) is 4. The number of carbonyl (C=O) groups is 4. The quantitative estimate of drug-likeness (QED) is 0.212. The molecule has 0 aliphatic rings. The summed E-state index contributed by atoms with van der Waals surface area (Å²) in [5.74, 6) is -4.11. The van der Waals surface area contributed by atoms with Gasteiger partial charge in [0.05, 0.1) is 17.0 Å². The molecule has 4 N–H and O–H groups in total. The normalized spacial score (nSPS) is 14.7. The van der Waals surface area contributed by atoms with E-state index in [9.17, 15) is 40.8 Å². The second-order valence-electron chi connectivity index (χ2n) is 14.4. The minimum Gasteiger partial charge on any atom is -0.344 e. The first-order valence-corrected chi connectivity index (χ1v) is 17.8. The van der Waals surface area contributed by atoms with E-state index in [1.165, 1.54) is 30.0 Å². The molecule has 0 radical (unpaired) electrons. The highest BCUT2D eigenvalue weighted by Crippen LogP contribution is 2.29. The Morgan fingerprint density at radius 2 is 1.43 bits per heavy atom. The zero-order valence-corrected chi connectivity index (χ0v) is 31.5. The molecule has 2 aromatic carbocycles. The van der Waals surface area contributed by atoms with Gasteiger partial charge in [0, 0.05) is 24.6 Å². The molecule has 3 atom stereocenters. The highest BCUT2D eigenvalue weighted by molar-refractivity contribution is 7.90. The molecule has 11 nitrogen and oxygen atoms in total. The lowest BCUT2D eigenvalue weighted by molar-refractivity contribution is -0.173. The number of amides is 4. The first-order chi connectivity index (χ1) is 23.3. The summed E-state index contributed by atoms with van der Waals surface area (Å²) in [6.07, 6.45) is -3.58. The molecule has 282 valence electrons. The molecule has 15 heteroatoms. The monoisotopic (exact) mass is 737 g/mol. The first-order valence-electron chi connectivity index (χ1n) is 16.3. The average Bonchev–Trinajstić information content (AvgIpc) is 3.03. The van der Waals surface area contributed by atoms with Gasteiger partial charge >= 0.3 is 12.1 Å². The van der Waals surface area contributed by atoms with Gasteiger partial charge in [-0.25, -0.2) is 13.1 Å². The van der Waals surface area contributed by atoms with Crippen molar-refractivity contribution in [2.75, 3.05) is 14.1 Å². The second-order valence-corrected chi connectivity index (χ2v) is 16.1. The molecule has 0 fully saturated rings. The maximum atomic E-state index is 14.1. The van der Waals surface area contributed by atoms with Crippen LogP contribution in [0.4, 0.5) is 13.2 Å². The lowest BCUT2D eigenvalue weighted by Crippen LogP contribution is -2.61. The molecule has 0 saturated carbocycles. The van der Waals surface area contributed by atoms with Gasteiger partial charge in [-0.1, -0.05) is 97.0 Å². The van der Waals surface area contributed by atoms with Gasteiger partial charge in [0.1, 0.15) is 6.04 Å². The summed E-state index contributed by atoms with van der Waals surface area (Å²) >= 11 is 0. The number of nitrogens with zero attached hydrogens (tertiary/aromatic N) is 1. The Kier molecular flexibility index (Phi) is 14.2. The van der Waals surface area contributed by atoms with Crippen LogP contribution in [0.25, 0.3) is 0 Å². The SMILES string of the molecule is CN[C@H](C(=O)N[C@H](C(=O)N(C)[C@H](/C=C(\C)C(=O)NS(=O)(=O)c1ccc(CNC(=O)C(F)(F)F)cc1)C(C)C)C(C)(C)C)C(C)(C)c1ccccc1. The molecule has 0 aliphatic carbocycles. The Labute approximate surface area is 298 Å². The third kappa shape index (κ3) is 11.4. The van der Waals surface area contributed by atoms with E-state index in [4.69, 9.17) is 0 Å². The zero-order chi connectivity index (χ0) is 39.1. The van der Waals surface area contributed by atoms with Crippen LogP contribution in [0, 0.1) is 11.3 Å². The number of carbonyl (C=O) groups excluding carboxylic acids is 4. The molecule has 2 rings (SSSR count). The summed E-state index contributed by atoms with van der Waals surface area (Å²) in [4.78, 5) is 53.2. The van der Waals surface area contributed by atoms with Crippen LogP contribution in [0.2, 0.25) is 0 Å². The van der Waals surface area contributed by atoms with Crippen LogP contribution >= 0.6 is 0 Å². The van der Waals surface area contributed by atoms with Crippen LogP contribution in [-0.4, -0.2) is 75.3 Å². The van der Waals surface area contributed by atoms with E-state index in [0.717, 1.165) is 17.7 Å². The van der Waals surface area contributed by atoms with Gasteiger partial charge in [-0.3, -0.25) is 19.2 Å². The Morgan fingerprint density at radius 3 is 1.90 bits per heavy atom. The molecule has 0 aliphatic heterocycles. The lowest BCUT2D eigenvalue weighted by atomic mass is 9.76. The Balaban J connectivity index is 2.26. The zero-order valence-electron chi connectivity index (χ0n) is 30.7. The second kappa shape index (κ2) is 16.9. The number of nitrogens with one attached hydrogen (secondary N) is 4. The van der Waals surface area contributed by atoms with Crippen molar-refractivity contribution >= 4 is 33.7 Å². The number of alkyl halides is 3. The highest BCUT2D eigenvalue weighted by atomic mass is 32.2. The van der Waals surface area contributed by atoms with Crippen molar-refractivity contribution in [2.45, 2.75) is 96.5 Å². The number of likely N-dealkylation sites (N-methyl/N-ethyl adjacent to an activating group) is 2. The van der Waals surface area contributed by atoms with Gasteiger partial charge in [0.15, 0.2) is 0 Å². The maximum absolute atomic E-state index is 14.1. The summed E-state index contributed by atoms with van der Waals surface area (Å²) in [5.41, 5.74) is -0.224. The highest BCUT2D eigenvalue weighted by Gasteiger charge is 2.42. The topological polar surface area (TPSA) is 154 Å². The molecule has 0 bridgehead atoms. The van der Waals surface area contributed by atoms with Crippen LogP contribution in [0.3, 0.4) is 0 Å². The summed E-state index contributed by atoms with van der Waals surface area (Å²) in [6, 6.07) is 11.8. The van der Waals surface area contributed by atoms with E-state index in [-0.39, 0.29) is 27.9 Å². The lowest BCUT2D eigenvalue weighted by Gasteiger charge is -2.40. The molecule has 0 heterocycles. The molecule has 4 amide bonds. The molecule has 51 heavy (non-hydrogen) atoms. The third-order valence-electron chi connectivity index (χ3n) is 8.62. The van der Waals surface area contributed by atoms with Crippen LogP contribution < -0.4 is 20.7 Å². The van der Waals surface area contributed by atoms with Crippen molar-refractivity contribution < 1.29 is 40.8 Å². The number of halogens is 3. The molecule has 0 spiro atoms. The number of rotatable bonds is 14. The fraction of sp³-hybridized carbons (Fsp3) is 0.500. The van der Waals surface area contributed by atoms with Gasteiger partial charge in [0.2, 0.25) is 11.8 Å². The van der Waals surface area contributed by atoms with E-state index >= 15 is 0 Å². The number of sulfonamides is 1. The summed E-state index contributed by atoms with van der Waals surface area (Å²) in [7, 11) is -1.16. The van der Waals surface area contributed by atoms with Crippen LogP contribution in [0.1, 0.15) is 66.5 Å². The van der Waals surface area contributed by atoms with Gasteiger partial charge in [-0.2, -0.15) is 13.2 Å². The molecular formula is C36H50F3N5O6S. The van der Waals surface area contributed by atoms with Crippen molar-refractivity contribution in [3.8, 4) is 0 Å². The molecule has 0 unspecified atom stereocenters. The van der Waals surface area contributed by atoms with Gasteiger partial charge in [0.25, 0.3) is 15.9 Å². The standard InChI is InChI=1S/C36H50F3N5O6S/c1-22(2)27(20-23(3)30(45)43-51(49,50)26-18-16-24(17-19-26)21-41-33(48)36(37,38)39)44(10)32(47)29(34(4,5)6)42-31(46)28(40-9)35(7,8)25-14-12-11-13-15-25/h11-20,22,27-29,40H,21H2,1-10H3,(H,41,48)(H,42,46)(H,43,45)/b23-20+/t27-,28-,29-/m1/s1. The molecular weight excluding hydrogens is 687 g/mol. The molecule has 0 saturated heterocycles. The Hall–Kier alpha value is -4.24. The van der Waals surface area contributed by atoms with Crippen LogP contribution in [0.15, 0.2) is 71.1 Å². The van der Waals surface area contributed by atoms with E-state index in [1.54, 1.807) is 19.4 Å². The summed E-state index contributed by atoms with van der Waals surface area (Å²) in [5, 5.41) is 7.76. The number of benzene rings is 2. The van der Waals surface area contributed by atoms with Crippen molar-refractivity contribution in [1.29, 1.82) is 0 Å². The smallest absolute Gasteiger partial charge is 0.344 e. The largest absolute Gasteiger partial charge is 0.471 e. The summed E-state index contributed by atoms with van der Waals surface area (Å²) in [6.45, 7) is 13.9. The first kappa shape index (κ1) is 42.9. The predicted molar refractivity (Wildman–Crippen MR) is 189 cm³/mol. The Bertz CT molecular complexity index is 1690. The Morgan fingerprint density at radius 1 is 0.882 bits per heavy atom. The van der Waals surface area contributed by atoms with Crippen LogP contribution in [0.5, 0.6) is 0 Å². The van der Waals surface area contributed by atoms with Crippen LogP contribution in [-0.2, 0) is 41.2 Å². The van der Waals surface area contributed by atoms with Crippen molar-refractivity contribution in [3.05, 3.63) is 77.4 Å². The van der Waals surface area contributed by atoms with E-state index in [1.807, 2.05) is 83.5 Å². The average molecular weight is 738 g/mol. The molecule has 2 aromatic rings. The minimum absolute atomic E-state index is 0.000361. The van der Waals surface area contributed by atoms with E-state index < -0.39 is 69.4 Å². The third-order valence-corrected chi connectivity index (χ3v) is 9.96. The predicted octanol–water partition coefficient (Wildman–Crippen LogP) is 4.20. The molecule has 0 aromatic heterocycles. The summed E-state index contributed by atoms with van der Waals surface area (Å²) < 4.78 is 65.3. The maximum Gasteiger partial charge on any atom is 0.471 e. The van der Waals surface area contributed by atoms with Gasteiger partial charge < -0.3 is 20.9 Å². The minimum atomic E-state index is -5.06. The van der Waals surface area contributed by atoms with Crippen molar-refractivity contribution in [2.24, 2.45) is 11.3 Å². The fourth-order valence-electron chi connectivity index (χ4n) is 5.49. The van der Waals surface area contributed by atoms with E-state index in [0.29, 0.717) is 0 Å². The van der Waals surface area contributed by atoms with Gasteiger partial charge in [-0.15, -0.1) is 0 Å². The van der Waals surface area contributed by atoms with E-state index in [2.05, 4.69) is 10.6 Å². The van der Waals surface area contributed by atoms with Crippen molar-refractivity contribution in [1.82, 2.24) is 25.6 Å². The number of hydrogen-bond acceptors (Lipinski definition) is 7.